The maximum atomic E-state index is 5.59. The molecule has 0 aromatic rings. The quantitative estimate of drug-likeness (QED) is 0.228. The minimum Gasteiger partial charge on any atom is -0.314 e. The van der Waals surface area contributed by atoms with Crippen LogP contribution in [-0.2, 0) is 4.84 Å². The molecule has 1 aliphatic rings. The Morgan fingerprint density at radius 3 is 2.33 bits per heavy atom. The molecule has 0 spiro atoms. The molecule has 0 bridgehead atoms. The summed E-state index contributed by atoms with van der Waals surface area (Å²) < 4.78 is 0. The van der Waals surface area contributed by atoms with E-state index in [0.29, 0.717) is 6.10 Å². The highest BCUT2D eigenvalue weighted by atomic mass is 16.7. The number of rotatable bonds is 16. The number of allylic oxidation sites excluding steroid dienone is 4. The lowest BCUT2D eigenvalue weighted by atomic mass is 10.1. The average Bonchev–Trinajstić information content (AvgIpc) is 3.11. The fourth-order valence-electron chi connectivity index (χ4n) is 2.91. The Labute approximate surface area is 150 Å². The lowest BCUT2D eigenvalue weighted by molar-refractivity contribution is -0.0141. The molecule has 0 amide bonds. The van der Waals surface area contributed by atoms with Crippen molar-refractivity contribution >= 4 is 0 Å². The molecule has 3 heteroatoms. The second kappa shape index (κ2) is 17.2. The fourth-order valence-corrected chi connectivity index (χ4v) is 2.91. The lowest BCUT2D eigenvalue weighted by Crippen LogP contribution is -2.26. The highest BCUT2D eigenvalue weighted by molar-refractivity contribution is 4.92. The Hall–Kier alpha value is -0.640. The summed E-state index contributed by atoms with van der Waals surface area (Å²) >= 11 is 0. The molecule has 3 nitrogen and oxygen atoms in total. The van der Waals surface area contributed by atoms with Crippen molar-refractivity contribution in [3.63, 3.8) is 0 Å². The van der Waals surface area contributed by atoms with Gasteiger partial charge in [0.15, 0.2) is 0 Å². The summed E-state index contributed by atoms with van der Waals surface area (Å²) in [6.45, 7) is 5.33. The zero-order valence-electron chi connectivity index (χ0n) is 15.9. The normalized spacial score (nSPS) is 18.3. The van der Waals surface area contributed by atoms with Crippen molar-refractivity contribution < 1.29 is 4.84 Å². The average molecular weight is 337 g/mol. The lowest BCUT2D eigenvalue weighted by Gasteiger charge is -2.10. The first-order chi connectivity index (χ1) is 11.9. The van der Waals surface area contributed by atoms with Gasteiger partial charge in [-0.3, -0.25) is 4.84 Å². The maximum absolute atomic E-state index is 5.59. The summed E-state index contributed by atoms with van der Waals surface area (Å²) in [6.07, 6.45) is 25.0. The minimum absolute atomic E-state index is 0.378. The van der Waals surface area contributed by atoms with E-state index in [4.69, 9.17) is 4.84 Å². The predicted octanol–water partition coefficient (Wildman–Crippen LogP) is 5.29. The summed E-state index contributed by atoms with van der Waals surface area (Å²) in [7, 11) is 0. The maximum Gasteiger partial charge on any atom is 0.0926 e. The van der Waals surface area contributed by atoms with Crippen LogP contribution in [0.5, 0.6) is 0 Å². The summed E-state index contributed by atoms with van der Waals surface area (Å²) in [5, 5.41) is 3.30. The van der Waals surface area contributed by atoms with E-state index in [1.165, 1.54) is 64.2 Å². The van der Waals surface area contributed by atoms with Crippen LogP contribution in [0.1, 0.15) is 84.0 Å². The van der Waals surface area contributed by atoms with Crippen LogP contribution in [0.3, 0.4) is 0 Å². The van der Waals surface area contributed by atoms with Crippen molar-refractivity contribution in [1.82, 2.24) is 10.8 Å². The van der Waals surface area contributed by atoms with Gasteiger partial charge in [-0.25, -0.2) is 5.48 Å². The number of nitrogens with one attached hydrogen (secondary N) is 2. The third kappa shape index (κ3) is 13.8. The van der Waals surface area contributed by atoms with Gasteiger partial charge in [0.2, 0.25) is 0 Å². The second-order valence-corrected chi connectivity index (χ2v) is 6.86. The Morgan fingerprint density at radius 2 is 1.62 bits per heavy atom. The highest BCUT2D eigenvalue weighted by Gasteiger charge is 2.14. The molecule has 1 saturated heterocycles. The summed E-state index contributed by atoms with van der Waals surface area (Å²) in [5.74, 6) is 0. The van der Waals surface area contributed by atoms with E-state index in [1.807, 2.05) is 0 Å². The van der Waals surface area contributed by atoms with Gasteiger partial charge in [0.25, 0.3) is 0 Å². The fraction of sp³-hybridized carbons (Fsp3) is 0.810. The molecule has 1 aliphatic heterocycles. The first-order valence-electron chi connectivity index (χ1n) is 10.3. The van der Waals surface area contributed by atoms with Crippen LogP contribution in [0, 0.1) is 0 Å². The van der Waals surface area contributed by atoms with Gasteiger partial charge in [-0.15, -0.1) is 0 Å². The zero-order chi connectivity index (χ0) is 17.1. The Morgan fingerprint density at radius 1 is 0.917 bits per heavy atom. The van der Waals surface area contributed by atoms with Gasteiger partial charge in [0.1, 0.15) is 0 Å². The van der Waals surface area contributed by atoms with E-state index in [-0.39, 0.29) is 0 Å². The van der Waals surface area contributed by atoms with Gasteiger partial charge in [-0.05, 0) is 51.5 Å². The molecule has 0 aliphatic carbocycles. The van der Waals surface area contributed by atoms with Crippen molar-refractivity contribution in [2.24, 2.45) is 0 Å². The molecule has 1 heterocycles. The molecule has 0 radical (unpaired) electrons. The topological polar surface area (TPSA) is 33.3 Å². The number of hydroxylamine groups is 1. The molecular weight excluding hydrogens is 296 g/mol. The molecule has 140 valence electrons. The molecule has 0 saturated carbocycles. The SMILES string of the molecule is CCCCC/C=C\C/C=C\CCCCCCCNOC1CCNC1. The molecular formula is C21H40N2O. The molecule has 1 unspecified atom stereocenters. The largest absolute Gasteiger partial charge is 0.314 e. The summed E-state index contributed by atoms with van der Waals surface area (Å²) in [5.41, 5.74) is 3.12. The first-order valence-corrected chi connectivity index (χ1v) is 10.3. The van der Waals surface area contributed by atoms with Crippen molar-refractivity contribution in [2.45, 2.75) is 90.1 Å². The molecule has 0 aromatic heterocycles. The molecule has 0 aromatic carbocycles. The van der Waals surface area contributed by atoms with Gasteiger partial charge >= 0.3 is 0 Å². The van der Waals surface area contributed by atoms with Crippen molar-refractivity contribution in [1.29, 1.82) is 0 Å². The third-order valence-electron chi connectivity index (χ3n) is 4.49. The highest BCUT2D eigenvalue weighted by Crippen LogP contribution is 2.07. The molecule has 1 atom stereocenters. The molecule has 2 N–H and O–H groups in total. The van der Waals surface area contributed by atoms with Crippen molar-refractivity contribution in [3.05, 3.63) is 24.3 Å². The molecule has 1 fully saturated rings. The van der Waals surface area contributed by atoms with Crippen LogP contribution >= 0.6 is 0 Å². The zero-order valence-corrected chi connectivity index (χ0v) is 15.9. The summed E-state index contributed by atoms with van der Waals surface area (Å²) in [6, 6.07) is 0. The van der Waals surface area contributed by atoms with Gasteiger partial charge in [0, 0.05) is 13.1 Å². The van der Waals surface area contributed by atoms with E-state index in [0.717, 1.165) is 32.5 Å². The number of hydrogen-bond donors (Lipinski definition) is 2. The van der Waals surface area contributed by atoms with E-state index < -0.39 is 0 Å². The smallest absolute Gasteiger partial charge is 0.0926 e. The van der Waals surface area contributed by atoms with E-state index in [1.54, 1.807) is 0 Å². The molecule has 1 rings (SSSR count). The van der Waals surface area contributed by atoms with Crippen molar-refractivity contribution in [3.8, 4) is 0 Å². The predicted molar refractivity (Wildman–Crippen MR) is 105 cm³/mol. The Bertz CT molecular complexity index is 309. The van der Waals surface area contributed by atoms with Crippen LogP contribution in [0.4, 0.5) is 0 Å². The van der Waals surface area contributed by atoms with E-state index >= 15 is 0 Å². The van der Waals surface area contributed by atoms with Crippen molar-refractivity contribution in [2.75, 3.05) is 19.6 Å². The third-order valence-corrected chi connectivity index (χ3v) is 4.49. The Balaban J connectivity index is 1.73. The Kier molecular flexibility index (Phi) is 15.3. The van der Waals surface area contributed by atoms with E-state index in [9.17, 15) is 0 Å². The number of unbranched alkanes of at least 4 members (excludes halogenated alkanes) is 8. The van der Waals surface area contributed by atoms with Crippen LogP contribution in [0.15, 0.2) is 24.3 Å². The van der Waals surface area contributed by atoms with Gasteiger partial charge < -0.3 is 5.32 Å². The first kappa shape index (κ1) is 21.4. The number of hydrogen-bond acceptors (Lipinski definition) is 3. The van der Waals surface area contributed by atoms with Crippen LogP contribution in [-0.4, -0.2) is 25.7 Å². The van der Waals surface area contributed by atoms with E-state index in [2.05, 4.69) is 42.0 Å². The minimum atomic E-state index is 0.378. The second-order valence-electron chi connectivity index (χ2n) is 6.86. The van der Waals surface area contributed by atoms with Gasteiger partial charge in [-0.1, -0.05) is 63.3 Å². The summed E-state index contributed by atoms with van der Waals surface area (Å²) in [4.78, 5) is 5.59. The van der Waals surface area contributed by atoms with Crippen LogP contribution < -0.4 is 10.8 Å². The van der Waals surface area contributed by atoms with Crippen LogP contribution in [0.25, 0.3) is 0 Å². The monoisotopic (exact) mass is 336 g/mol. The van der Waals surface area contributed by atoms with Gasteiger partial charge in [-0.2, -0.15) is 0 Å². The standard InChI is InChI=1S/C21H40N2O/c1-2-3-4-5-6-7-8-9-10-11-12-13-14-15-16-18-23-24-21-17-19-22-20-21/h6-7,9-10,21-23H,2-5,8,11-20H2,1H3/b7-6-,10-9-. The molecule has 24 heavy (non-hydrogen) atoms. The van der Waals surface area contributed by atoms with Crippen LogP contribution in [0.2, 0.25) is 0 Å². The van der Waals surface area contributed by atoms with Gasteiger partial charge in [0.05, 0.1) is 6.10 Å².